The summed E-state index contributed by atoms with van der Waals surface area (Å²) in [5.41, 5.74) is 3.95. The summed E-state index contributed by atoms with van der Waals surface area (Å²) in [6.45, 7) is 2.69. The molecule has 8 heteroatoms. The normalized spacial score (nSPS) is 15.9. The lowest BCUT2D eigenvalue weighted by Gasteiger charge is -2.18. The highest BCUT2D eigenvalue weighted by molar-refractivity contribution is 7.89. The van der Waals surface area contributed by atoms with Crippen molar-refractivity contribution in [3.63, 3.8) is 0 Å². The Labute approximate surface area is 181 Å². The number of hydrogen-bond donors (Lipinski definition) is 1. The van der Waals surface area contributed by atoms with Crippen LogP contribution in [0.15, 0.2) is 41.4 Å². The van der Waals surface area contributed by atoms with Gasteiger partial charge in [-0.1, -0.05) is 25.0 Å². The first kappa shape index (κ1) is 21.5. The van der Waals surface area contributed by atoms with Gasteiger partial charge in [0.25, 0.3) is 0 Å². The van der Waals surface area contributed by atoms with E-state index in [1.807, 2.05) is 19.1 Å². The van der Waals surface area contributed by atoms with Gasteiger partial charge in [0, 0.05) is 23.7 Å². The molecule has 0 aliphatic heterocycles. The molecule has 1 aliphatic rings. The van der Waals surface area contributed by atoms with Gasteiger partial charge < -0.3 is 4.57 Å². The second-order valence-electron chi connectivity index (χ2n) is 8.22. The zero-order chi connectivity index (χ0) is 22.2. The number of nitrogens with zero attached hydrogens (tertiary/aromatic N) is 3. The standard InChI is InChI=1S/C23H25FN4O2S/c1-15-7-9-19-20(13-25)23(28(22(19)11-15)17-5-3-4-6-17)21-10-8-18(14-26-21)31(29,30)27-16(2)12-24/h7-11,14,16-17,27H,3-6,12H2,1-2H3/t16-/m1/s1. The van der Waals surface area contributed by atoms with Gasteiger partial charge in [-0.25, -0.2) is 17.5 Å². The lowest BCUT2D eigenvalue weighted by atomic mass is 10.1. The molecule has 0 radical (unpaired) electrons. The van der Waals surface area contributed by atoms with Crippen molar-refractivity contribution in [3.8, 4) is 17.5 Å². The first-order chi connectivity index (χ1) is 14.9. The molecule has 4 rings (SSSR count). The van der Waals surface area contributed by atoms with Crippen LogP contribution in [-0.2, 0) is 10.0 Å². The highest BCUT2D eigenvalue weighted by Gasteiger charge is 2.27. The molecule has 2 aromatic heterocycles. The molecule has 1 fully saturated rings. The molecular weight excluding hydrogens is 415 g/mol. The molecule has 31 heavy (non-hydrogen) atoms. The van der Waals surface area contributed by atoms with Gasteiger partial charge in [0.05, 0.1) is 22.5 Å². The maximum Gasteiger partial charge on any atom is 0.242 e. The fourth-order valence-electron chi connectivity index (χ4n) is 4.37. The van der Waals surface area contributed by atoms with Crippen LogP contribution >= 0.6 is 0 Å². The number of halogens is 1. The molecule has 0 saturated heterocycles. The van der Waals surface area contributed by atoms with E-state index in [1.54, 1.807) is 6.07 Å². The maximum atomic E-state index is 12.7. The number of aryl methyl sites for hydroxylation is 1. The fourth-order valence-corrected chi connectivity index (χ4v) is 5.54. The Balaban J connectivity index is 1.86. The number of rotatable bonds is 6. The summed E-state index contributed by atoms with van der Waals surface area (Å²) in [4.78, 5) is 4.39. The van der Waals surface area contributed by atoms with Gasteiger partial charge >= 0.3 is 0 Å². The van der Waals surface area contributed by atoms with E-state index in [4.69, 9.17) is 0 Å². The molecule has 1 N–H and O–H groups in total. The van der Waals surface area contributed by atoms with Crippen LogP contribution in [0, 0.1) is 18.3 Å². The number of hydrogen-bond acceptors (Lipinski definition) is 4. The fraction of sp³-hybridized carbons (Fsp3) is 0.391. The zero-order valence-corrected chi connectivity index (χ0v) is 18.4. The van der Waals surface area contributed by atoms with Crippen molar-refractivity contribution in [1.82, 2.24) is 14.3 Å². The Kier molecular flexibility index (Phi) is 5.82. The number of benzene rings is 1. The van der Waals surface area contributed by atoms with Crippen LogP contribution in [0.25, 0.3) is 22.3 Å². The van der Waals surface area contributed by atoms with Crippen molar-refractivity contribution >= 4 is 20.9 Å². The Bertz CT molecular complexity index is 1250. The van der Waals surface area contributed by atoms with Crippen LogP contribution < -0.4 is 4.72 Å². The number of pyridine rings is 1. The summed E-state index contributed by atoms with van der Waals surface area (Å²) in [6, 6.07) is 11.0. The Morgan fingerprint density at radius 2 is 2.03 bits per heavy atom. The number of alkyl halides is 1. The van der Waals surface area contributed by atoms with Gasteiger partial charge in [0.15, 0.2) is 0 Å². The molecule has 162 valence electrons. The summed E-state index contributed by atoms with van der Waals surface area (Å²) < 4.78 is 42.2. The molecule has 0 spiro atoms. The SMILES string of the molecule is Cc1ccc2c(C#N)c(-c3ccc(S(=O)(=O)N[C@H](C)CF)cn3)n(C3CCCC3)c2c1. The predicted molar refractivity (Wildman–Crippen MR) is 118 cm³/mol. The zero-order valence-electron chi connectivity index (χ0n) is 17.6. The van der Waals surface area contributed by atoms with E-state index in [0.29, 0.717) is 11.3 Å². The van der Waals surface area contributed by atoms with Crippen LogP contribution in [0.2, 0.25) is 0 Å². The highest BCUT2D eigenvalue weighted by atomic mass is 32.2. The monoisotopic (exact) mass is 440 g/mol. The molecule has 0 bridgehead atoms. The van der Waals surface area contributed by atoms with E-state index in [2.05, 4.69) is 26.4 Å². The molecule has 1 saturated carbocycles. The van der Waals surface area contributed by atoms with Crippen molar-refractivity contribution < 1.29 is 12.8 Å². The number of nitrogens with one attached hydrogen (secondary N) is 1. The van der Waals surface area contributed by atoms with Gasteiger partial charge in [-0.3, -0.25) is 4.98 Å². The minimum absolute atomic E-state index is 0.0329. The third-order valence-corrected chi connectivity index (χ3v) is 7.41. The highest BCUT2D eigenvalue weighted by Crippen LogP contribution is 2.41. The molecule has 0 unspecified atom stereocenters. The lowest BCUT2D eigenvalue weighted by Crippen LogP contribution is -2.34. The molecular formula is C23H25FN4O2S. The van der Waals surface area contributed by atoms with Gasteiger partial charge in [-0.05, 0) is 50.5 Å². The van der Waals surface area contributed by atoms with Gasteiger partial charge in [0.1, 0.15) is 17.6 Å². The summed E-state index contributed by atoms with van der Waals surface area (Å²) in [6.07, 6.45) is 5.62. The molecule has 1 aliphatic carbocycles. The molecule has 1 atom stereocenters. The Hall–Kier alpha value is -2.76. The average molecular weight is 441 g/mol. The third kappa shape index (κ3) is 3.95. The first-order valence-electron chi connectivity index (χ1n) is 10.4. The summed E-state index contributed by atoms with van der Waals surface area (Å²) >= 11 is 0. The molecule has 6 nitrogen and oxygen atoms in total. The molecule has 2 heterocycles. The smallest absolute Gasteiger partial charge is 0.242 e. The van der Waals surface area contributed by atoms with E-state index in [9.17, 15) is 18.1 Å². The number of sulfonamides is 1. The number of fused-ring (bicyclic) bond motifs is 1. The van der Waals surface area contributed by atoms with Crippen molar-refractivity contribution in [3.05, 3.63) is 47.7 Å². The minimum Gasteiger partial charge on any atom is -0.335 e. The van der Waals surface area contributed by atoms with Gasteiger partial charge in [0.2, 0.25) is 10.0 Å². The first-order valence-corrected chi connectivity index (χ1v) is 11.9. The summed E-state index contributed by atoms with van der Waals surface area (Å²) in [5, 5.41) is 10.9. The second kappa shape index (κ2) is 8.40. The summed E-state index contributed by atoms with van der Waals surface area (Å²) in [5.74, 6) is 0. The quantitative estimate of drug-likeness (QED) is 0.605. The van der Waals surface area contributed by atoms with E-state index < -0.39 is 22.7 Å². The van der Waals surface area contributed by atoms with E-state index in [1.165, 1.54) is 19.2 Å². The second-order valence-corrected chi connectivity index (χ2v) is 9.93. The minimum atomic E-state index is -3.87. The van der Waals surface area contributed by atoms with Crippen molar-refractivity contribution in [2.45, 2.75) is 56.5 Å². The van der Waals surface area contributed by atoms with E-state index in [0.717, 1.165) is 47.8 Å². The van der Waals surface area contributed by atoms with E-state index >= 15 is 0 Å². The Morgan fingerprint density at radius 3 is 2.65 bits per heavy atom. The van der Waals surface area contributed by atoms with Crippen LogP contribution in [-0.4, -0.2) is 30.7 Å². The molecule has 1 aromatic carbocycles. The van der Waals surface area contributed by atoms with Crippen LogP contribution in [0.3, 0.4) is 0 Å². The van der Waals surface area contributed by atoms with Crippen LogP contribution in [0.4, 0.5) is 4.39 Å². The van der Waals surface area contributed by atoms with Crippen molar-refractivity contribution in [2.75, 3.05) is 6.67 Å². The average Bonchev–Trinajstić information content (AvgIpc) is 3.38. The van der Waals surface area contributed by atoms with Crippen molar-refractivity contribution in [1.29, 1.82) is 5.26 Å². The Morgan fingerprint density at radius 1 is 1.29 bits per heavy atom. The van der Waals surface area contributed by atoms with Gasteiger partial charge in [-0.15, -0.1) is 0 Å². The number of nitriles is 1. The lowest BCUT2D eigenvalue weighted by molar-refractivity contribution is 0.423. The molecule has 0 amide bonds. The van der Waals surface area contributed by atoms with E-state index in [-0.39, 0.29) is 10.9 Å². The number of aromatic nitrogens is 2. The van der Waals surface area contributed by atoms with Crippen LogP contribution in [0.1, 0.15) is 49.8 Å². The molecule has 3 aromatic rings. The largest absolute Gasteiger partial charge is 0.335 e. The van der Waals surface area contributed by atoms with Crippen molar-refractivity contribution in [2.24, 2.45) is 0 Å². The van der Waals surface area contributed by atoms with Crippen LogP contribution in [0.5, 0.6) is 0 Å². The summed E-state index contributed by atoms with van der Waals surface area (Å²) in [7, 11) is -3.87. The van der Waals surface area contributed by atoms with Gasteiger partial charge in [-0.2, -0.15) is 5.26 Å². The third-order valence-electron chi connectivity index (χ3n) is 5.84. The predicted octanol–water partition coefficient (Wildman–Crippen LogP) is 4.63. The topological polar surface area (TPSA) is 87.8 Å². The maximum absolute atomic E-state index is 12.7.